The van der Waals surface area contributed by atoms with E-state index >= 15 is 0 Å². The summed E-state index contributed by atoms with van der Waals surface area (Å²) in [5.41, 5.74) is 0. The number of phosphoric ester groups is 2. The fourth-order valence-electron chi connectivity index (χ4n) is 5.22. The molecule has 0 fully saturated rings. The van der Waals surface area contributed by atoms with Crippen molar-refractivity contribution in [2.24, 2.45) is 5.92 Å². The van der Waals surface area contributed by atoms with Crippen LogP contribution in [0.5, 0.6) is 0 Å². The Morgan fingerprint density at radius 2 is 1.26 bits per heavy atom. The predicted molar refractivity (Wildman–Crippen MR) is 222 cm³/mol. The Balaban J connectivity index is 4.72. The van der Waals surface area contributed by atoms with Crippen LogP contribution >= 0.6 is 15.6 Å². The van der Waals surface area contributed by atoms with Gasteiger partial charge in [-0.15, -0.1) is 0 Å². The lowest BCUT2D eigenvalue weighted by atomic mass is 9.99. The number of ether oxygens (including phenoxy) is 2. The van der Waals surface area contributed by atoms with E-state index in [4.69, 9.17) is 23.8 Å². The molecule has 5 N–H and O–H groups in total. The van der Waals surface area contributed by atoms with Crippen molar-refractivity contribution < 1.29 is 66.7 Å². The van der Waals surface area contributed by atoms with Crippen LogP contribution in [0.3, 0.4) is 0 Å². The molecule has 0 bridgehead atoms. The summed E-state index contributed by atoms with van der Waals surface area (Å²) in [6.07, 6.45) is 30.1. The van der Waals surface area contributed by atoms with Crippen molar-refractivity contribution >= 4 is 27.6 Å². The molecule has 0 amide bonds. The van der Waals surface area contributed by atoms with Gasteiger partial charge < -0.3 is 34.4 Å². The zero-order chi connectivity index (χ0) is 42.6. The molecular formula is C41H74O14P2. The molecule has 0 saturated carbocycles. The topological polar surface area (TPSA) is 216 Å². The molecule has 0 radical (unpaired) electrons. The lowest BCUT2D eigenvalue weighted by Gasteiger charge is -2.20. The second kappa shape index (κ2) is 35.9. The van der Waals surface area contributed by atoms with Crippen molar-refractivity contribution in [2.75, 3.05) is 26.4 Å². The van der Waals surface area contributed by atoms with Gasteiger partial charge >= 0.3 is 27.6 Å². The van der Waals surface area contributed by atoms with E-state index in [-0.39, 0.29) is 12.8 Å². The van der Waals surface area contributed by atoms with Gasteiger partial charge in [-0.1, -0.05) is 140 Å². The maximum atomic E-state index is 12.6. The van der Waals surface area contributed by atoms with Crippen LogP contribution in [0.25, 0.3) is 0 Å². The first-order chi connectivity index (χ1) is 27.2. The molecule has 0 aliphatic carbocycles. The van der Waals surface area contributed by atoms with E-state index in [0.717, 1.165) is 31.6 Å². The van der Waals surface area contributed by atoms with Gasteiger partial charge in [0.2, 0.25) is 0 Å². The van der Waals surface area contributed by atoms with Crippen LogP contribution in [0.4, 0.5) is 0 Å². The Labute approximate surface area is 342 Å². The van der Waals surface area contributed by atoms with Crippen LogP contribution in [0.1, 0.15) is 149 Å². The van der Waals surface area contributed by atoms with E-state index in [1.54, 1.807) is 6.08 Å². The summed E-state index contributed by atoms with van der Waals surface area (Å²) in [4.78, 5) is 52.6. The van der Waals surface area contributed by atoms with E-state index in [9.17, 15) is 33.8 Å². The first-order valence-electron chi connectivity index (χ1n) is 20.8. The second-order valence-electron chi connectivity index (χ2n) is 14.4. The van der Waals surface area contributed by atoms with Crippen molar-refractivity contribution in [3.63, 3.8) is 0 Å². The molecule has 57 heavy (non-hydrogen) atoms. The predicted octanol–water partition coefficient (Wildman–Crippen LogP) is 9.11. The lowest BCUT2D eigenvalue weighted by molar-refractivity contribution is -0.161. The summed E-state index contributed by atoms with van der Waals surface area (Å²) in [7, 11) is -9.71. The van der Waals surface area contributed by atoms with Gasteiger partial charge in [-0.2, -0.15) is 0 Å². The monoisotopic (exact) mass is 852 g/mol. The van der Waals surface area contributed by atoms with Gasteiger partial charge in [0.05, 0.1) is 25.9 Å². The first kappa shape index (κ1) is 55.0. The molecule has 14 nitrogen and oxygen atoms in total. The van der Waals surface area contributed by atoms with Crippen molar-refractivity contribution in [1.29, 1.82) is 0 Å². The number of carbonyl (C=O) groups is 2. The number of esters is 2. The highest BCUT2D eigenvalue weighted by atomic mass is 31.2. The van der Waals surface area contributed by atoms with Crippen LogP contribution < -0.4 is 0 Å². The van der Waals surface area contributed by atoms with Crippen LogP contribution in [0.15, 0.2) is 48.6 Å². The average molecular weight is 853 g/mol. The van der Waals surface area contributed by atoms with Crippen LogP contribution in [-0.2, 0) is 41.8 Å². The van der Waals surface area contributed by atoms with Gasteiger partial charge in [-0.25, -0.2) is 9.13 Å². The van der Waals surface area contributed by atoms with Gasteiger partial charge in [0.25, 0.3) is 0 Å². The molecule has 0 heterocycles. The SMILES string of the molecule is CCCCC/C=C\C=C/[C@H](O)C/C=C\C/C=C/CCCC(=O)O[C@H](COC(=O)CCCCCCCCCCC(C)CC)COP(=O)(O)OC[C@@H](O)COP(=O)(O)O. The number of aliphatic hydroxyl groups is 2. The number of phosphoric acid groups is 2. The van der Waals surface area contributed by atoms with Crippen molar-refractivity contribution in [3.8, 4) is 0 Å². The third-order valence-corrected chi connectivity index (χ3v) is 10.3. The minimum absolute atomic E-state index is 0.0209. The summed E-state index contributed by atoms with van der Waals surface area (Å²) in [6, 6.07) is 0. The number of rotatable bonds is 38. The number of aliphatic hydroxyl groups excluding tert-OH is 2. The molecule has 332 valence electrons. The number of carbonyl (C=O) groups excluding carboxylic acids is 2. The molecule has 5 atom stereocenters. The Morgan fingerprint density at radius 1 is 0.649 bits per heavy atom. The second-order valence-corrected chi connectivity index (χ2v) is 17.1. The molecule has 2 unspecified atom stereocenters. The van der Waals surface area contributed by atoms with Crippen molar-refractivity contribution in [1.82, 2.24) is 0 Å². The van der Waals surface area contributed by atoms with E-state index in [1.807, 2.05) is 36.5 Å². The summed E-state index contributed by atoms with van der Waals surface area (Å²) in [6.45, 7) is 3.86. The van der Waals surface area contributed by atoms with Crippen LogP contribution in [0, 0.1) is 5.92 Å². The molecule has 0 aliphatic heterocycles. The third-order valence-electron chi connectivity index (χ3n) is 8.83. The van der Waals surface area contributed by atoms with Gasteiger partial charge in [-0.05, 0) is 50.9 Å². The molecule has 0 aromatic carbocycles. The van der Waals surface area contributed by atoms with Gasteiger partial charge in [0.1, 0.15) is 12.7 Å². The normalized spacial score (nSPS) is 15.7. The third kappa shape index (κ3) is 39.3. The van der Waals surface area contributed by atoms with Crippen molar-refractivity contribution in [3.05, 3.63) is 48.6 Å². The molecular weight excluding hydrogens is 778 g/mol. The standard InChI is InChI=1S/C41H74O14P2/c1-4-6-7-8-12-18-23-28-37(42)29-24-19-14-11-16-21-26-31-41(45)55-39(35-54-57(49,50)53-33-38(43)32-52-56(46,47)48)34-51-40(44)30-25-20-15-10-9-13-17-22-27-36(3)5-2/h11-12,16,18-19,23-24,28,36-39,42-43H,4-10,13-15,17,20-22,25-27,29-35H2,1-3H3,(H,49,50)(H2,46,47,48)/b16-11+,18-12-,24-19-,28-23-/t36?,37-,38-,39+/m0/s1. The molecule has 0 aliphatic rings. The largest absolute Gasteiger partial charge is 0.472 e. The molecule has 0 rings (SSSR count). The number of allylic oxidation sites excluding steroid dienone is 6. The highest BCUT2D eigenvalue weighted by Crippen LogP contribution is 2.43. The molecule has 0 aromatic rings. The average Bonchev–Trinajstić information content (AvgIpc) is 3.16. The lowest BCUT2D eigenvalue weighted by Crippen LogP contribution is -2.29. The minimum atomic E-state index is -4.88. The first-order valence-corrected chi connectivity index (χ1v) is 23.9. The minimum Gasteiger partial charge on any atom is -0.462 e. The van der Waals surface area contributed by atoms with E-state index in [2.05, 4.69) is 35.9 Å². The van der Waals surface area contributed by atoms with E-state index in [0.29, 0.717) is 32.1 Å². The zero-order valence-corrected chi connectivity index (χ0v) is 36.5. The van der Waals surface area contributed by atoms with Gasteiger partial charge in [0, 0.05) is 12.8 Å². The Kier molecular flexibility index (Phi) is 34.7. The van der Waals surface area contributed by atoms with Gasteiger partial charge in [-0.3, -0.25) is 23.2 Å². The summed E-state index contributed by atoms with van der Waals surface area (Å²) < 4.78 is 47.6. The molecule has 0 saturated heterocycles. The maximum absolute atomic E-state index is 12.6. The fourth-order valence-corrected chi connectivity index (χ4v) is 6.37. The van der Waals surface area contributed by atoms with E-state index < -0.39 is 72.3 Å². The van der Waals surface area contributed by atoms with E-state index in [1.165, 1.54) is 57.8 Å². The smallest absolute Gasteiger partial charge is 0.462 e. The molecule has 0 aromatic heterocycles. The summed E-state index contributed by atoms with van der Waals surface area (Å²) in [5, 5.41) is 19.8. The number of hydrogen-bond donors (Lipinski definition) is 5. The summed E-state index contributed by atoms with van der Waals surface area (Å²) >= 11 is 0. The highest BCUT2D eigenvalue weighted by Gasteiger charge is 2.28. The van der Waals surface area contributed by atoms with Crippen molar-refractivity contribution in [2.45, 2.75) is 167 Å². The zero-order valence-electron chi connectivity index (χ0n) is 34.7. The summed E-state index contributed by atoms with van der Waals surface area (Å²) in [5.74, 6) is -0.356. The number of unbranched alkanes of at least 4 members (excludes halogenated alkanes) is 11. The fraction of sp³-hybridized carbons (Fsp3) is 0.756. The van der Waals surface area contributed by atoms with Gasteiger partial charge in [0.15, 0.2) is 6.10 Å². The Hall–Kier alpha value is -1.96. The number of hydrogen-bond acceptors (Lipinski definition) is 11. The van der Waals surface area contributed by atoms with Crippen LogP contribution in [-0.4, -0.2) is 81.6 Å². The molecule has 0 spiro atoms. The Morgan fingerprint density at radius 3 is 1.95 bits per heavy atom. The molecule has 16 heteroatoms. The highest BCUT2D eigenvalue weighted by molar-refractivity contribution is 7.47. The Bertz CT molecular complexity index is 1230. The maximum Gasteiger partial charge on any atom is 0.472 e. The van der Waals surface area contributed by atoms with Crippen LogP contribution in [0.2, 0.25) is 0 Å². The quantitative estimate of drug-likeness (QED) is 0.0129.